The number of amides is 1. The van der Waals surface area contributed by atoms with E-state index in [0.717, 1.165) is 0 Å². The van der Waals surface area contributed by atoms with Gasteiger partial charge in [0.1, 0.15) is 5.82 Å². The third-order valence-electron chi connectivity index (χ3n) is 1.44. The molecule has 1 heterocycles. The number of nitrogens with zero attached hydrogens (tertiary/aromatic N) is 1. The lowest BCUT2D eigenvalue weighted by atomic mass is 10.4. The molecule has 0 bridgehead atoms. The normalized spacial score (nSPS) is 9.69. The standard InChI is InChI=1S/C8H10BrN3O/c1-2-7(13)12-8-6(9)3-5(10)4-11-8/h3-4H,2,10H2,1H3,(H,11,12,13). The zero-order valence-electron chi connectivity index (χ0n) is 7.17. The molecule has 0 spiro atoms. The molecule has 0 aliphatic rings. The molecule has 1 amide bonds. The first-order valence-electron chi connectivity index (χ1n) is 3.84. The fourth-order valence-electron chi connectivity index (χ4n) is 0.765. The van der Waals surface area contributed by atoms with Crippen molar-refractivity contribution in [3.05, 3.63) is 16.7 Å². The monoisotopic (exact) mass is 243 g/mol. The van der Waals surface area contributed by atoms with E-state index in [1.54, 1.807) is 13.0 Å². The number of carbonyl (C=O) groups is 1. The molecule has 70 valence electrons. The van der Waals surface area contributed by atoms with Crippen molar-refractivity contribution in [3.8, 4) is 0 Å². The maximum Gasteiger partial charge on any atom is 0.225 e. The number of nitrogens with one attached hydrogen (secondary N) is 1. The summed E-state index contributed by atoms with van der Waals surface area (Å²) in [6.07, 6.45) is 1.93. The molecule has 13 heavy (non-hydrogen) atoms. The predicted molar refractivity (Wildman–Crippen MR) is 55.3 cm³/mol. The van der Waals surface area contributed by atoms with Gasteiger partial charge < -0.3 is 11.1 Å². The van der Waals surface area contributed by atoms with Gasteiger partial charge in [-0.1, -0.05) is 6.92 Å². The van der Waals surface area contributed by atoms with Crippen LogP contribution < -0.4 is 11.1 Å². The van der Waals surface area contributed by atoms with Gasteiger partial charge in [0.2, 0.25) is 5.91 Å². The third kappa shape index (κ3) is 2.69. The molecule has 1 aromatic rings. The summed E-state index contributed by atoms with van der Waals surface area (Å²) in [7, 11) is 0. The molecular weight excluding hydrogens is 234 g/mol. The van der Waals surface area contributed by atoms with Gasteiger partial charge in [0.25, 0.3) is 0 Å². The van der Waals surface area contributed by atoms with Gasteiger partial charge in [-0.25, -0.2) is 4.98 Å². The number of aromatic nitrogens is 1. The smallest absolute Gasteiger partial charge is 0.225 e. The van der Waals surface area contributed by atoms with E-state index in [4.69, 9.17) is 5.73 Å². The molecule has 0 atom stereocenters. The topological polar surface area (TPSA) is 68.0 Å². The summed E-state index contributed by atoms with van der Waals surface area (Å²) in [5, 5.41) is 2.63. The van der Waals surface area contributed by atoms with E-state index in [2.05, 4.69) is 26.2 Å². The highest BCUT2D eigenvalue weighted by molar-refractivity contribution is 9.10. The van der Waals surface area contributed by atoms with E-state index in [9.17, 15) is 4.79 Å². The first kappa shape index (κ1) is 9.98. The molecule has 4 nitrogen and oxygen atoms in total. The summed E-state index contributed by atoms with van der Waals surface area (Å²) in [4.78, 5) is 15.0. The van der Waals surface area contributed by atoms with Crippen LogP contribution in [0.3, 0.4) is 0 Å². The summed E-state index contributed by atoms with van der Waals surface area (Å²) in [5.74, 6) is 0.430. The molecule has 0 fully saturated rings. The van der Waals surface area contributed by atoms with Crippen molar-refractivity contribution in [2.75, 3.05) is 11.1 Å². The maximum atomic E-state index is 11.0. The zero-order chi connectivity index (χ0) is 9.84. The van der Waals surface area contributed by atoms with Crippen molar-refractivity contribution in [1.29, 1.82) is 0 Å². The molecule has 0 aliphatic heterocycles. The number of pyridine rings is 1. The van der Waals surface area contributed by atoms with Crippen molar-refractivity contribution >= 4 is 33.3 Å². The third-order valence-corrected chi connectivity index (χ3v) is 2.05. The summed E-state index contributed by atoms with van der Waals surface area (Å²) in [5.41, 5.74) is 6.04. The van der Waals surface area contributed by atoms with Gasteiger partial charge in [-0.05, 0) is 22.0 Å². The van der Waals surface area contributed by atoms with Gasteiger partial charge in [0.05, 0.1) is 16.4 Å². The Morgan fingerprint density at radius 1 is 1.77 bits per heavy atom. The molecule has 0 saturated heterocycles. The second-order valence-corrected chi connectivity index (χ2v) is 3.36. The molecule has 0 aromatic carbocycles. The highest BCUT2D eigenvalue weighted by Gasteiger charge is 2.04. The molecule has 3 N–H and O–H groups in total. The Morgan fingerprint density at radius 2 is 2.46 bits per heavy atom. The Kier molecular flexibility index (Phi) is 3.25. The van der Waals surface area contributed by atoms with Crippen LogP contribution in [-0.4, -0.2) is 10.9 Å². The minimum atomic E-state index is -0.0713. The number of hydrogen-bond donors (Lipinski definition) is 2. The van der Waals surface area contributed by atoms with E-state index in [-0.39, 0.29) is 5.91 Å². The number of nitrogen functional groups attached to an aromatic ring is 1. The van der Waals surface area contributed by atoms with Gasteiger partial charge in [-0.2, -0.15) is 0 Å². The minimum Gasteiger partial charge on any atom is -0.397 e. The summed E-state index contributed by atoms with van der Waals surface area (Å²) < 4.78 is 0.689. The number of carbonyl (C=O) groups excluding carboxylic acids is 1. The van der Waals surface area contributed by atoms with Crippen LogP contribution in [0.2, 0.25) is 0 Å². The minimum absolute atomic E-state index is 0.0713. The number of nitrogens with two attached hydrogens (primary N) is 1. The van der Waals surface area contributed by atoms with Crippen LogP contribution >= 0.6 is 15.9 Å². The second-order valence-electron chi connectivity index (χ2n) is 2.50. The Bertz CT molecular complexity index is 327. The van der Waals surface area contributed by atoms with Crippen LogP contribution in [0.25, 0.3) is 0 Å². The van der Waals surface area contributed by atoms with E-state index in [1.807, 2.05) is 0 Å². The van der Waals surface area contributed by atoms with Gasteiger partial charge in [-0.15, -0.1) is 0 Å². The zero-order valence-corrected chi connectivity index (χ0v) is 8.76. The number of rotatable bonds is 2. The van der Waals surface area contributed by atoms with Crippen LogP contribution in [0.4, 0.5) is 11.5 Å². The Morgan fingerprint density at radius 3 is 3.00 bits per heavy atom. The lowest BCUT2D eigenvalue weighted by Gasteiger charge is -2.04. The van der Waals surface area contributed by atoms with Crippen molar-refractivity contribution in [2.24, 2.45) is 0 Å². The largest absolute Gasteiger partial charge is 0.397 e. The van der Waals surface area contributed by atoms with Crippen LogP contribution in [0.1, 0.15) is 13.3 Å². The predicted octanol–water partition coefficient (Wildman–Crippen LogP) is 1.77. The van der Waals surface area contributed by atoms with Gasteiger partial charge in [0, 0.05) is 6.42 Å². The molecule has 0 aliphatic carbocycles. The maximum absolute atomic E-state index is 11.0. The molecule has 0 saturated carbocycles. The van der Waals surface area contributed by atoms with Crippen LogP contribution in [0.15, 0.2) is 16.7 Å². The average molecular weight is 244 g/mol. The van der Waals surface area contributed by atoms with E-state index in [0.29, 0.717) is 22.4 Å². The number of hydrogen-bond acceptors (Lipinski definition) is 3. The number of anilines is 2. The molecule has 1 rings (SSSR count). The Hall–Kier alpha value is -1.10. The summed E-state index contributed by atoms with van der Waals surface area (Å²) in [6, 6.07) is 1.69. The average Bonchev–Trinajstić information content (AvgIpc) is 2.09. The van der Waals surface area contributed by atoms with Crippen molar-refractivity contribution in [3.63, 3.8) is 0 Å². The van der Waals surface area contributed by atoms with Crippen LogP contribution in [-0.2, 0) is 4.79 Å². The van der Waals surface area contributed by atoms with Gasteiger partial charge >= 0.3 is 0 Å². The molecular formula is C8H10BrN3O. The van der Waals surface area contributed by atoms with E-state index < -0.39 is 0 Å². The lowest BCUT2D eigenvalue weighted by Crippen LogP contribution is -2.11. The van der Waals surface area contributed by atoms with Crippen LogP contribution in [0, 0.1) is 0 Å². The summed E-state index contributed by atoms with van der Waals surface area (Å²) >= 11 is 3.25. The quantitative estimate of drug-likeness (QED) is 0.833. The Balaban J connectivity index is 2.83. The SMILES string of the molecule is CCC(=O)Nc1ncc(N)cc1Br. The molecule has 1 aromatic heterocycles. The van der Waals surface area contributed by atoms with E-state index >= 15 is 0 Å². The first-order chi connectivity index (χ1) is 6.13. The fraction of sp³-hybridized carbons (Fsp3) is 0.250. The van der Waals surface area contributed by atoms with Crippen molar-refractivity contribution < 1.29 is 4.79 Å². The highest BCUT2D eigenvalue weighted by Crippen LogP contribution is 2.21. The van der Waals surface area contributed by atoms with Gasteiger partial charge in [-0.3, -0.25) is 4.79 Å². The molecule has 0 unspecified atom stereocenters. The second kappa shape index (κ2) is 4.23. The van der Waals surface area contributed by atoms with Gasteiger partial charge in [0.15, 0.2) is 0 Å². The molecule has 5 heteroatoms. The lowest BCUT2D eigenvalue weighted by molar-refractivity contribution is -0.115. The highest BCUT2D eigenvalue weighted by atomic mass is 79.9. The Labute approximate surface area is 84.7 Å². The van der Waals surface area contributed by atoms with Crippen LogP contribution in [0.5, 0.6) is 0 Å². The number of halogens is 1. The van der Waals surface area contributed by atoms with Crippen molar-refractivity contribution in [2.45, 2.75) is 13.3 Å². The first-order valence-corrected chi connectivity index (χ1v) is 4.63. The van der Waals surface area contributed by atoms with E-state index in [1.165, 1.54) is 6.20 Å². The van der Waals surface area contributed by atoms with Crippen molar-refractivity contribution in [1.82, 2.24) is 4.98 Å². The fourth-order valence-corrected chi connectivity index (χ4v) is 1.23. The summed E-state index contributed by atoms with van der Waals surface area (Å²) in [6.45, 7) is 1.78. The molecule has 0 radical (unpaired) electrons.